The molecule has 1 nitrogen and oxygen atoms in total. The van der Waals surface area contributed by atoms with Crippen LogP contribution in [0.3, 0.4) is 0 Å². The predicted octanol–water partition coefficient (Wildman–Crippen LogP) is 4.46. The first-order valence-corrected chi connectivity index (χ1v) is 7.03. The van der Waals surface area contributed by atoms with Crippen molar-refractivity contribution in [3.05, 3.63) is 77.4 Å². The SMILES string of the molecule is CC(=O)Cc1ccc(/C=C\CCc2ccccc2)cc1. The van der Waals surface area contributed by atoms with E-state index in [9.17, 15) is 4.79 Å². The number of rotatable bonds is 6. The van der Waals surface area contributed by atoms with Crippen molar-refractivity contribution in [1.82, 2.24) is 0 Å². The molecule has 0 saturated carbocycles. The third-order valence-corrected chi connectivity index (χ3v) is 3.19. The Labute approximate surface area is 121 Å². The lowest BCUT2D eigenvalue weighted by atomic mass is 10.1. The topological polar surface area (TPSA) is 17.1 Å². The quantitative estimate of drug-likeness (QED) is 0.752. The van der Waals surface area contributed by atoms with Gasteiger partial charge in [0.05, 0.1) is 0 Å². The molecule has 0 saturated heterocycles. The van der Waals surface area contributed by atoms with Gasteiger partial charge in [0, 0.05) is 6.42 Å². The van der Waals surface area contributed by atoms with Crippen molar-refractivity contribution >= 4 is 11.9 Å². The molecule has 0 aromatic heterocycles. The lowest BCUT2D eigenvalue weighted by Gasteiger charge is -1.99. The van der Waals surface area contributed by atoms with Gasteiger partial charge in [0.1, 0.15) is 5.78 Å². The van der Waals surface area contributed by atoms with E-state index in [0.29, 0.717) is 6.42 Å². The number of hydrogen-bond acceptors (Lipinski definition) is 1. The van der Waals surface area contributed by atoms with Crippen molar-refractivity contribution in [2.45, 2.75) is 26.2 Å². The van der Waals surface area contributed by atoms with Gasteiger partial charge >= 0.3 is 0 Å². The molecule has 2 aromatic rings. The number of allylic oxidation sites excluding steroid dienone is 1. The molecule has 1 heteroatoms. The maximum absolute atomic E-state index is 11.0. The molecule has 2 rings (SSSR count). The van der Waals surface area contributed by atoms with Gasteiger partial charge in [-0.2, -0.15) is 0 Å². The molecular weight excluding hydrogens is 244 g/mol. The number of carbonyl (C=O) groups is 1. The predicted molar refractivity (Wildman–Crippen MR) is 84.6 cm³/mol. The van der Waals surface area contributed by atoms with Crippen LogP contribution in [0.4, 0.5) is 0 Å². The van der Waals surface area contributed by atoms with Gasteiger partial charge in [0.25, 0.3) is 0 Å². The summed E-state index contributed by atoms with van der Waals surface area (Å²) in [5.41, 5.74) is 3.64. The van der Waals surface area contributed by atoms with E-state index in [1.807, 2.05) is 18.2 Å². The summed E-state index contributed by atoms with van der Waals surface area (Å²) in [6.07, 6.45) is 6.98. The largest absolute Gasteiger partial charge is 0.300 e. The highest BCUT2D eigenvalue weighted by molar-refractivity contribution is 5.78. The second-order valence-corrected chi connectivity index (χ2v) is 5.05. The molecule has 0 aliphatic heterocycles. The maximum atomic E-state index is 11.0. The Kier molecular flexibility index (Phi) is 5.31. The Morgan fingerprint density at radius 3 is 2.30 bits per heavy atom. The standard InChI is InChI=1S/C19H20O/c1-16(20)15-19-13-11-18(12-14-19)10-6-5-9-17-7-3-2-4-8-17/h2-4,6-8,10-14H,5,9,15H2,1H3/b10-6-. The van der Waals surface area contributed by atoms with Gasteiger partial charge in [-0.15, -0.1) is 0 Å². The monoisotopic (exact) mass is 264 g/mol. The van der Waals surface area contributed by atoms with E-state index in [0.717, 1.165) is 18.4 Å². The Morgan fingerprint density at radius 1 is 0.950 bits per heavy atom. The molecule has 0 unspecified atom stereocenters. The molecule has 0 N–H and O–H groups in total. The van der Waals surface area contributed by atoms with Crippen molar-refractivity contribution < 1.29 is 4.79 Å². The van der Waals surface area contributed by atoms with Crippen molar-refractivity contribution in [1.29, 1.82) is 0 Å². The summed E-state index contributed by atoms with van der Waals surface area (Å²) in [5, 5.41) is 0. The molecule has 0 atom stereocenters. The average molecular weight is 264 g/mol. The highest BCUT2D eigenvalue weighted by atomic mass is 16.1. The summed E-state index contributed by atoms with van der Waals surface area (Å²) in [4.78, 5) is 11.0. The van der Waals surface area contributed by atoms with E-state index >= 15 is 0 Å². The van der Waals surface area contributed by atoms with Gasteiger partial charge in [0.15, 0.2) is 0 Å². The number of hydrogen-bond donors (Lipinski definition) is 0. The van der Waals surface area contributed by atoms with Crippen LogP contribution in [0, 0.1) is 0 Å². The molecule has 0 bridgehead atoms. The zero-order valence-electron chi connectivity index (χ0n) is 11.9. The van der Waals surface area contributed by atoms with E-state index in [4.69, 9.17) is 0 Å². The first-order chi connectivity index (χ1) is 9.74. The highest BCUT2D eigenvalue weighted by Gasteiger charge is 1.96. The summed E-state index contributed by atoms with van der Waals surface area (Å²) in [6.45, 7) is 1.62. The Balaban J connectivity index is 1.83. The molecule has 0 amide bonds. The van der Waals surface area contributed by atoms with Crippen LogP contribution in [-0.4, -0.2) is 5.78 Å². The van der Waals surface area contributed by atoms with Crippen LogP contribution in [0.2, 0.25) is 0 Å². The van der Waals surface area contributed by atoms with Crippen molar-refractivity contribution in [3.63, 3.8) is 0 Å². The van der Waals surface area contributed by atoms with E-state index in [1.165, 1.54) is 11.1 Å². The van der Waals surface area contributed by atoms with Gasteiger partial charge in [-0.3, -0.25) is 4.79 Å². The summed E-state index contributed by atoms with van der Waals surface area (Å²) in [7, 11) is 0. The second kappa shape index (κ2) is 7.44. The Hall–Kier alpha value is -2.15. The fraction of sp³-hybridized carbons (Fsp3) is 0.211. The third kappa shape index (κ3) is 4.85. The number of aryl methyl sites for hydroxylation is 1. The van der Waals surface area contributed by atoms with Crippen LogP contribution in [0.15, 0.2) is 60.7 Å². The lowest BCUT2D eigenvalue weighted by Crippen LogP contribution is -1.95. The van der Waals surface area contributed by atoms with E-state index in [1.54, 1.807) is 6.92 Å². The fourth-order valence-electron chi connectivity index (χ4n) is 2.15. The van der Waals surface area contributed by atoms with Crippen LogP contribution in [-0.2, 0) is 17.6 Å². The second-order valence-electron chi connectivity index (χ2n) is 5.05. The van der Waals surface area contributed by atoms with Crippen molar-refractivity contribution in [2.24, 2.45) is 0 Å². The lowest BCUT2D eigenvalue weighted by molar-refractivity contribution is -0.116. The van der Waals surface area contributed by atoms with Crippen molar-refractivity contribution in [2.75, 3.05) is 0 Å². The minimum Gasteiger partial charge on any atom is -0.300 e. The number of carbonyl (C=O) groups excluding carboxylic acids is 1. The number of benzene rings is 2. The van der Waals surface area contributed by atoms with E-state index in [-0.39, 0.29) is 5.78 Å². The molecule has 0 radical (unpaired) electrons. The first kappa shape index (κ1) is 14.3. The zero-order chi connectivity index (χ0) is 14.2. The van der Waals surface area contributed by atoms with Crippen LogP contribution in [0.5, 0.6) is 0 Å². The first-order valence-electron chi connectivity index (χ1n) is 7.03. The summed E-state index contributed by atoms with van der Waals surface area (Å²) in [5.74, 6) is 0.205. The van der Waals surface area contributed by atoms with Gasteiger partial charge < -0.3 is 0 Å². The molecule has 2 aromatic carbocycles. The van der Waals surface area contributed by atoms with E-state index in [2.05, 4.69) is 48.6 Å². The summed E-state index contributed by atoms with van der Waals surface area (Å²) < 4.78 is 0. The normalized spacial score (nSPS) is 10.8. The number of ketones is 1. The van der Waals surface area contributed by atoms with Gasteiger partial charge in [-0.25, -0.2) is 0 Å². The molecule has 0 spiro atoms. The smallest absolute Gasteiger partial charge is 0.134 e. The molecule has 102 valence electrons. The highest BCUT2D eigenvalue weighted by Crippen LogP contribution is 2.09. The fourth-order valence-corrected chi connectivity index (χ4v) is 2.15. The molecule has 20 heavy (non-hydrogen) atoms. The Morgan fingerprint density at radius 2 is 1.65 bits per heavy atom. The van der Waals surface area contributed by atoms with Crippen LogP contribution in [0.1, 0.15) is 30.0 Å². The minimum absolute atomic E-state index is 0.205. The maximum Gasteiger partial charge on any atom is 0.134 e. The molecule has 0 aliphatic rings. The Bertz CT molecular complexity index is 564. The zero-order valence-corrected chi connectivity index (χ0v) is 11.9. The molecule has 0 heterocycles. The van der Waals surface area contributed by atoms with Crippen LogP contribution < -0.4 is 0 Å². The average Bonchev–Trinajstić information content (AvgIpc) is 2.46. The summed E-state index contributed by atoms with van der Waals surface area (Å²) in [6, 6.07) is 18.7. The minimum atomic E-state index is 0.205. The molecule has 0 fully saturated rings. The van der Waals surface area contributed by atoms with Crippen LogP contribution in [0.25, 0.3) is 6.08 Å². The molecular formula is C19H20O. The van der Waals surface area contributed by atoms with Gasteiger partial charge in [-0.1, -0.05) is 66.7 Å². The van der Waals surface area contributed by atoms with Gasteiger partial charge in [-0.05, 0) is 36.5 Å². The third-order valence-electron chi connectivity index (χ3n) is 3.19. The molecule has 0 aliphatic carbocycles. The van der Waals surface area contributed by atoms with Gasteiger partial charge in [0.2, 0.25) is 0 Å². The van der Waals surface area contributed by atoms with E-state index < -0.39 is 0 Å². The van der Waals surface area contributed by atoms with Crippen molar-refractivity contribution in [3.8, 4) is 0 Å². The number of Topliss-reactive ketones (excluding diaryl/α,β-unsaturated/α-hetero) is 1. The van der Waals surface area contributed by atoms with Crippen LogP contribution >= 0.6 is 0 Å². The summed E-state index contributed by atoms with van der Waals surface area (Å²) >= 11 is 0.